The van der Waals surface area contributed by atoms with Gasteiger partial charge >= 0.3 is 0 Å². The van der Waals surface area contributed by atoms with Crippen LogP contribution in [0.5, 0.6) is 0 Å². The highest BCUT2D eigenvalue weighted by molar-refractivity contribution is 7.99. The molecule has 2 fully saturated rings. The van der Waals surface area contributed by atoms with Gasteiger partial charge in [-0.25, -0.2) is 0 Å². The van der Waals surface area contributed by atoms with Gasteiger partial charge in [0.25, 0.3) is 0 Å². The average molecular weight is 404 g/mol. The van der Waals surface area contributed by atoms with Crippen LogP contribution < -0.4 is 0 Å². The summed E-state index contributed by atoms with van der Waals surface area (Å²) in [4.78, 5) is 2.40. The lowest BCUT2D eigenvalue weighted by molar-refractivity contribution is 1.04. The molecule has 0 saturated heterocycles. The van der Waals surface area contributed by atoms with Crippen molar-refractivity contribution in [3.8, 4) is 0 Å². The van der Waals surface area contributed by atoms with Crippen molar-refractivity contribution in [1.29, 1.82) is 0 Å². The van der Waals surface area contributed by atoms with E-state index in [2.05, 4.69) is 24.3 Å². The van der Waals surface area contributed by atoms with Crippen molar-refractivity contribution < 1.29 is 0 Å². The van der Waals surface area contributed by atoms with Crippen LogP contribution >= 0.6 is 58.2 Å². The van der Waals surface area contributed by atoms with Gasteiger partial charge in [0.05, 0.1) is 0 Å². The third-order valence-electron chi connectivity index (χ3n) is 4.46. The van der Waals surface area contributed by atoms with E-state index in [9.17, 15) is 0 Å². The second kappa shape index (κ2) is 5.75. The number of benzene rings is 2. The summed E-state index contributed by atoms with van der Waals surface area (Å²) in [5.41, 5.74) is 2.44. The largest absolute Gasteiger partial charge is 0.126 e. The normalized spacial score (nSPS) is 26.8. The van der Waals surface area contributed by atoms with Gasteiger partial charge in [0.15, 0.2) is 0 Å². The Morgan fingerprint density at radius 1 is 0.696 bits per heavy atom. The molecular formula is C18H14Cl4S. The van der Waals surface area contributed by atoms with Gasteiger partial charge in [0.2, 0.25) is 0 Å². The van der Waals surface area contributed by atoms with Crippen LogP contribution in [0.3, 0.4) is 0 Å². The summed E-state index contributed by atoms with van der Waals surface area (Å²) in [6.07, 6.45) is 1.62. The fourth-order valence-electron chi connectivity index (χ4n) is 2.94. The molecule has 2 atom stereocenters. The Balaban J connectivity index is 1.65. The van der Waals surface area contributed by atoms with Crippen molar-refractivity contribution >= 4 is 58.2 Å². The molecule has 2 saturated carbocycles. The predicted octanol–water partition coefficient (Wildman–Crippen LogP) is 7.16. The second-order valence-corrected chi connectivity index (χ2v) is 10.4. The van der Waals surface area contributed by atoms with Gasteiger partial charge in [0.1, 0.15) is 8.67 Å². The Hall–Kier alpha value is -0.0500. The van der Waals surface area contributed by atoms with Crippen LogP contribution in [0.1, 0.15) is 35.8 Å². The van der Waals surface area contributed by atoms with E-state index in [1.165, 1.54) is 20.9 Å². The van der Waals surface area contributed by atoms with Crippen molar-refractivity contribution in [3.63, 3.8) is 0 Å². The molecule has 0 nitrogen and oxygen atoms in total. The Bertz CT molecular complexity index is 693. The van der Waals surface area contributed by atoms with Crippen molar-refractivity contribution in [2.45, 2.75) is 43.1 Å². The fourth-order valence-corrected chi connectivity index (χ4v) is 5.22. The number of halogens is 4. The topological polar surface area (TPSA) is 0 Å². The van der Waals surface area contributed by atoms with Gasteiger partial charge in [-0.2, -0.15) is 0 Å². The zero-order valence-corrected chi connectivity index (χ0v) is 15.9. The molecule has 0 amide bonds. The summed E-state index contributed by atoms with van der Waals surface area (Å²) < 4.78 is -1.23. The molecule has 0 spiro atoms. The highest BCUT2D eigenvalue weighted by atomic mass is 35.5. The van der Waals surface area contributed by atoms with Crippen molar-refractivity contribution in [2.24, 2.45) is 0 Å². The average Bonchev–Trinajstić information content (AvgIpc) is 3.35. The van der Waals surface area contributed by atoms with E-state index in [-0.39, 0.29) is 11.8 Å². The lowest BCUT2D eigenvalue weighted by Gasteiger charge is -2.13. The van der Waals surface area contributed by atoms with Crippen molar-refractivity contribution in [2.75, 3.05) is 0 Å². The van der Waals surface area contributed by atoms with E-state index in [1.54, 1.807) is 11.8 Å². The van der Waals surface area contributed by atoms with E-state index >= 15 is 0 Å². The summed E-state index contributed by atoms with van der Waals surface area (Å²) in [7, 11) is 0. The molecule has 0 aromatic heterocycles. The van der Waals surface area contributed by atoms with Crippen LogP contribution in [0.25, 0.3) is 0 Å². The van der Waals surface area contributed by atoms with Crippen LogP contribution in [-0.2, 0) is 0 Å². The first-order chi connectivity index (χ1) is 10.9. The zero-order chi connectivity index (χ0) is 16.2. The predicted molar refractivity (Wildman–Crippen MR) is 101 cm³/mol. The highest BCUT2D eigenvalue weighted by Crippen LogP contribution is 2.63. The maximum Gasteiger partial charge on any atom is 0.126 e. The molecule has 0 bridgehead atoms. The molecule has 2 aromatic carbocycles. The molecule has 0 unspecified atom stereocenters. The van der Waals surface area contributed by atoms with Crippen molar-refractivity contribution in [1.82, 2.24) is 0 Å². The molecule has 2 aliphatic rings. The van der Waals surface area contributed by atoms with E-state index in [4.69, 9.17) is 46.4 Å². The van der Waals surface area contributed by atoms with E-state index in [0.717, 1.165) is 12.8 Å². The van der Waals surface area contributed by atoms with E-state index in [0.29, 0.717) is 0 Å². The van der Waals surface area contributed by atoms with Crippen LogP contribution in [0.15, 0.2) is 58.3 Å². The van der Waals surface area contributed by atoms with Gasteiger partial charge < -0.3 is 0 Å². The minimum Gasteiger partial charge on any atom is -0.101 e. The summed E-state index contributed by atoms with van der Waals surface area (Å²) in [6, 6.07) is 16.7. The summed E-state index contributed by atoms with van der Waals surface area (Å²) >= 11 is 26.8. The van der Waals surface area contributed by atoms with Gasteiger partial charge in [-0.15, -0.1) is 46.4 Å². The molecule has 0 radical (unpaired) electrons. The lowest BCUT2D eigenvalue weighted by atomic mass is 10.1. The zero-order valence-electron chi connectivity index (χ0n) is 12.1. The molecular weight excluding hydrogens is 390 g/mol. The maximum atomic E-state index is 6.27. The van der Waals surface area contributed by atoms with Crippen LogP contribution in [-0.4, -0.2) is 8.67 Å². The van der Waals surface area contributed by atoms with Crippen molar-refractivity contribution in [3.05, 3.63) is 59.7 Å². The monoisotopic (exact) mass is 402 g/mol. The number of hydrogen-bond donors (Lipinski definition) is 0. The maximum absolute atomic E-state index is 6.27. The lowest BCUT2D eigenvalue weighted by Crippen LogP contribution is -1.94. The smallest absolute Gasteiger partial charge is 0.101 e. The number of alkyl halides is 4. The van der Waals surface area contributed by atoms with Crippen LogP contribution in [0.2, 0.25) is 0 Å². The minimum atomic E-state index is -0.617. The molecule has 23 heavy (non-hydrogen) atoms. The third kappa shape index (κ3) is 3.24. The quantitative estimate of drug-likeness (QED) is 0.488. The van der Waals surface area contributed by atoms with Gasteiger partial charge in [-0.05, 0) is 36.1 Å². The number of hydrogen-bond acceptors (Lipinski definition) is 1. The van der Waals surface area contributed by atoms with Gasteiger partial charge in [0, 0.05) is 21.6 Å². The SMILES string of the molecule is ClC1(Cl)C[C@H]1c1ccccc1Sc1ccccc1[C@@H]1CC1(Cl)Cl. The van der Waals surface area contributed by atoms with Crippen LogP contribution in [0, 0.1) is 0 Å². The molecule has 2 aromatic rings. The molecule has 0 aliphatic heterocycles. The third-order valence-corrected chi connectivity index (χ3v) is 7.31. The highest BCUT2D eigenvalue weighted by Gasteiger charge is 2.54. The summed E-state index contributed by atoms with van der Waals surface area (Å²) in [5, 5.41) is 0. The minimum absolute atomic E-state index is 0.211. The molecule has 120 valence electrons. The molecule has 5 heteroatoms. The Morgan fingerprint density at radius 2 is 1.04 bits per heavy atom. The number of rotatable bonds is 4. The van der Waals surface area contributed by atoms with Gasteiger partial charge in [-0.3, -0.25) is 0 Å². The van der Waals surface area contributed by atoms with E-state index < -0.39 is 8.67 Å². The fraction of sp³-hybridized carbons (Fsp3) is 0.333. The van der Waals surface area contributed by atoms with E-state index in [1.807, 2.05) is 24.3 Å². The first-order valence-corrected chi connectivity index (χ1v) is 9.83. The molecule has 0 heterocycles. The first-order valence-electron chi connectivity index (χ1n) is 7.50. The Morgan fingerprint density at radius 3 is 1.39 bits per heavy atom. The summed E-state index contributed by atoms with van der Waals surface area (Å²) in [6.45, 7) is 0. The van der Waals surface area contributed by atoms with Crippen LogP contribution in [0.4, 0.5) is 0 Å². The standard InChI is InChI=1S/C18H14Cl4S/c19-17(20)9-13(17)11-5-1-3-7-15(11)23-16-8-4-2-6-12(16)14-10-18(14,21)22/h1-8,13-14H,9-10H2/t13-,14-/m0/s1. The molecule has 0 N–H and O–H groups in total. The molecule has 2 aliphatic carbocycles. The molecule has 4 rings (SSSR count). The van der Waals surface area contributed by atoms with Gasteiger partial charge in [-0.1, -0.05) is 48.2 Å². The second-order valence-electron chi connectivity index (χ2n) is 6.21. The first kappa shape index (κ1) is 16.4. The Kier molecular flexibility index (Phi) is 4.10. The Labute approximate surface area is 160 Å². The summed E-state index contributed by atoms with van der Waals surface area (Å²) in [5.74, 6) is 0.422.